The summed E-state index contributed by atoms with van der Waals surface area (Å²) in [5, 5.41) is 1.84. The van der Waals surface area contributed by atoms with E-state index in [0.29, 0.717) is 5.03 Å². The van der Waals surface area contributed by atoms with Gasteiger partial charge < -0.3 is 0 Å². The molecule has 0 aromatic carbocycles. The second-order valence-corrected chi connectivity index (χ2v) is 5.23. The molecule has 0 N–H and O–H groups in total. The van der Waals surface area contributed by atoms with Crippen molar-refractivity contribution >= 4 is 21.4 Å². The lowest BCUT2D eigenvalue weighted by Crippen LogP contribution is -1.86. The Balaban J connectivity index is 4.36. The summed E-state index contributed by atoms with van der Waals surface area (Å²) in [5.41, 5.74) is 0.916. The normalized spacial score (nSPS) is 15.4. The van der Waals surface area contributed by atoms with Gasteiger partial charge in [-0.2, -0.15) is 0 Å². The summed E-state index contributed by atoms with van der Waals surface area (Å²) in [5.74, 6) is 0. The summed E-state index contributed by atoms with van der Waals surface area (Å²) >= 11 is 5.68. The van der Waals surface area contributed by atoms with Crippen LogP contribution in [-0.2, 0) is 9.84 Å². The molecule has 0 rings (SSSR count). The van der Waals surface area contributed by atoms with E-state index < -0.39 is 9.84 Å². The van der Waals surface area contributed by atoms with E-state index in [1.165, 1.54) is 6.08 Å². The van der Waals surface area contributed by atoms with Crippen molar-refractivity contribution in [3.8, 4) is 0 Å². The molecule has 0 aromatic heterocycles. The molecule has 0 radical (unpaired) electrons. The Morgan fingerprint density at radius 1 is 1.23 bits per heavy atom. The molecule has 0 amide bonds. The SMILES string of the molecule is C\C(Cl)=C(C)/C=C\C=C\S(C)(=O)=O. The van der Waals surface area contributed by atoms with E-state index in [4.69, 9.17) is 11.6 Å². The van der Waals surface area contributed by atoms with Gasteiger partial charge in [-0.3, -0.25) is 0 Å². The highest BCUT2D eigenvalue weighted by Crippen LogP contribution is 2.08. The molecule has 0 heterocycles. The standard InChI is InChI=1S/C9H13ClO2S/c1-8(9(2)10)6-4-5-7-13(3,11)12/h4-7H,1-3H3/b6-4-,7-5+,9-8+. The van der Waals surface area contributed by atoms with Gasteiger partial charge in [0.1, 0.15) is 0 Å². The average Bonchev–Trinajstić information content (AvgIpc) is 1.95. The quantitative estimate of drug-likeness (QED) is 0.686. The Morgan fingerprint density at radius 2 is 1.77 bits per heavy atom. The van der Waals surface area contributed by atoms with Crippen LogP contribution in [0.4, 0.5) is 0 Å². The third-order valence-corrected chi connectivity index (χ3v) is 2.28. The molecule has 0 bridgehead atoms. The third kappa shape index (κ3) is 7.81. The molecule has 4 heteroatoms. The molecule has 0 unspecified atom stereocenters. The predicted octanol–water partition coefficient (Wildman–Crippen LogP) is 2.63. The summed E-state index contributed by atoms with van der Waals surface area (Å²) in [6.07, 6.45) is 6.01. The lowest BCUT2D eigenvalue weighted by Gasteiger charge is -1.90. The maximum absolute atomic E-state index is 10.7. The fourth-order valence-corrected chi connectivity index (χ4v) is 0.942. The fraction of sp³-hybridized carbons (Fsp3) is 0.333. The molecule has 0 spiro atoms. The third-order valence-electron chi connectivity index (χ3n) is 1.33. The topological polar surface area (TPSA) is 34.1 Å². The van der Waals surface area contributed by atoms with Crippen LogP contribution in [0.1, 0.15) is 13.8 Å². The summed E-state index contributed by atoms with van der Waals surface area (Å²) in [7, 11) is -3.02. The zero-order chi connectivity index (χ0) is 10.5. The number of hydrogen-bond acceptors (Lipinski definition) is 2. The molecule has 0 atom stereocenters. The molecule has 0 aliphatic carbocycles. The summed E-state index contributed by atoms with van der Waals surface area (Å²) in [6.45, 7) is 3.63. The van der Waals surface area contributed by atoms with Gasteiger partial charge in [-0.1, -0.05) is 29.8 Å². The number of allylic oxidation sites excluding steroid dienone is 5. The molecule has 13 heavy (non-hydrogen) atoms. The van der Waals surface area contributed by atoms with Crippen LogP contribution >= 0.6 is 11.6 Å². The lowest BCUT2D eigenvalue weighted by molar-refractivity contribution is 0.610. The summed E-state index contributed by atoms with van der Waals surface area (Å²) in [4.78, 5) is 0. The van der Waals surface area contributed by atoms with Crippen LogP contribution in [0.2, 0.25) is 0 Å². The van der Waals surface area contributed by atoms with Gasteiger partial charge in [0.15, 0.2) is 9.84 Å². The van der Waals surface area contributed by atoms with Crippen molar-refractivity contribution in [1.82, 2.24) is 0 Å². The van der Waals surface area contributed by atoms with Crippen LogP contribution in [0.15, 0.2) is 34.2 Å². The Labute approximate surface area is 84.5 Å². The van der Waals surface area contributed by atoms with Crippen LogP contribution in [0.5, 0.6) is 0 Å². The molecular weight excluding hydrogens is 208 g/mol. The molecule has 2 nitrogen and oxygen atoms in total. The van der Waals surface area contributed by atoms with Gasteiger partial charge >= 0.3 is 0 Å². The second-order valence-electron chi connectivity index (χ2n) is 2.73. The van der Waals surface area contributed by atoms with Gasteiger partial charge in [-0.05, 0) is 19.4 Å². The Morgan fingerprint density at radius 3 is 2.15 bits per heavy atom. The first-order chi connectivity index (χ1) is 5.83. The van der Waals surface area contributed by atoms with Crippen LogP contribution < -0.4 is 0 Å². The first kappa shape index (κ1) is 12.5. The Bertz CT molecular complexity index is 344. The van der Waals surface area contributed by atoms with Crippen molar-refractivity contribution in [1.29, 1.82) is 0 Å². The van der Waals surface area contributed by atoms with E-state index >= 15 is 0 Å². The number of halogens is 1. The zero-order valence-electron chi connectivity index (χ0n) is 7.91. The monoisotopic (exact) mass is 220 g/mol. The largest absolute Gasteiger partial charge is 0.225 e. The van der Waals surface area contributed by atoms with Crippen molar-refractivity contribution in [3.05, 3.63) is 34.2 Å². The zero-order valence-corrected chi connectivity index (χ0v) is 9.48. The molecule has 0 saturated carbocycles. The minimum atomic E-state index is -3.02. The van der Waals surface area contributed by atoms with E-state index in [0.717, 1.165) is 17.2 Å². The molecule has 0 aromatic rings. The van der Waals surface area contributed by atoms with Crippen molar-refractivity contribution in [2.24, 2.45) is 0 Å². The highest BCUT2D eigenvalue weighted by Gasteiger charge is 1.90. The highest BCUT2D eigenvalue weighted by molar-refractivity contribution is 7.93. The molecular formula is C9H13ClO2S. The number of hydrogen-bond donors (Lipinski definition) is 0. The van der Waals surface area contributed by atoms with E-state index in [-0.39, 0.29) is 0 Å². The van der Waals surface area contributed by atoms with Crippen LogP contribution in [0, 0.1) is 0 Å². The van der Waals surface area contributed by atoms with Crippen molar-refractivity contribution in [2.75, 3.05) is 6.26 Å². The molecule has 0 aliphatic rings. The van der Waals surface area contributed by atoms with Crippen molar-refractivity contribution < 1.29 is 8.42 Å². The van der Waals surface area contributed by atoms with Gasteiger partial charge in [-0.15, -0.1) is 0 Å². The second kappa shape index (κ2) is 5.25. The average molecular weight is 221 g/mol. The summed E-state index contributed by atoms with van der Waals surface area (Å²) in [6, 6.07) is 0. The number of sulfone groups is 1. The van der Waals surface area contributed by atoms with Gasteiger partial charge in [0.25, 0.3) is 0 Å². The minimum Gasteiger partial charge on any atom is -0.225 e. The van der Waals surface area contributed by atoms with Gasteiger partial charge in [0, 0.05) is 16.7 Å². The fourth-order valence-electron chi connectivity index (χ4n) is 0.503. The van der Waals surface area contributed by atoms with E-state index in [1.54, 1.807) is 19.1 Å². The first-order valence-electron chi connectivity index (χ1n) is 3.70. The molecule has 0 saturated heterocycles. The number of rotatable bonds is 3. The predicted molar refractivity (Wildman–Crippen MR) is 57.4 cm³/mol. The minimum absolute atomic E-state index is 0.698. The lowest BCUT2D eigenvalue weighted by atomic mass is 10.2. The maximum atomic E-state index is 10.7. The van der Waals surface area contributed by atoms with Gasteiger partial charge in [-0.25, -0.2) is 8.42 Å². The van der Waals surface area contributed by atoms with Crippen molar-refractivity contribution in [3.63, 3.8) is 0 Å². The Kier molecular flexibility index (Phi) is 5.03. The molecule has 74 valence electrons. The maximum Gasteiger partial charge on any atom is 0.168 e. The summed E-state index contributed by atoms with van der Waals surface area (Å²) < 4.78 is 21.3. The highest BCUT2D eigenvalue weighted by atomic mass is 35.5. The smallest absolute Gasteiger partial charge is 0.168 e. The molecule has 0 fully saturated rings. The Hall–Kier alpha value is -0.540. The van der Waals surface area contributed by atoms with Gasteiger partial charge in [0.05, 0.1) is 0 Å². The van der Waals surface area contributed by atoms with E-state index in [1.807, 2.05) is 6.92 Å². The van der Waals surface area contributed by atoms with E-state index in [2.05, 4.69) is 0 Å². The first-order valence-corrected chi connectivity index (χ1v) is 6.04. The van der Waals surface area contributed by atoms with E-state index in [9.17, 15) is 8.42 Å². The van der Waals surface area contributed by atoms with Gasteiger partial charge in [0.2, 0.25) is 0 Å². The molecule has 0 aliphatic heterocycles. The van der Waals surface area contributed by atoms with Crippen molar-refractivity contribution in [2.45, 2.75) is 13.8 Å². The van der Waals surface area contributed by atoms with Crippen LogP contribution in [-0.4, -0.2) is 14.7 Å². The van der Waals surface area contributed by atoms with Crippen LogP contribution in [0.3, 0.4) is 0 Å². The van der Waals surface area contributed by atoms with Crippen LogP contribution in [0.25, 0.3) is 0 Å².